The van der Waals surface area contributed by atoms with Gasteiger partial charge in [-0.25, -0.2) is 8.78 Å². The summed E-state index contributed by atoms with van der Waals surface area (Å²) in [6, 6.07) is 0. The highest BCUT2D eigenvalue weighted by Crippen LogP contribution is 2.43. The standard InChI is InChI=1S/C11H17BrF2N2O/c1-16-8(7-9(12)15)10(17-2)3-5-11(13,14)6-4-10/h7,15-16H,3-6H2,1-2H3/b8-7-,15-9?. The molecule has 17 heavy (non-hydrogen) atoms. The normalized spacial score (nSPS) is 23.2. The second kappa shape index (κ2) is 5.44. The first-order valence-corrected chi connectivity index (χ1v) is 6.21. The molecule has 1 aliphatic rings. The molecule has 0 aromatic rings. The number of alkyl halides is 2. The minimum absolute atomic E-state index is 0.185. The van der Waals surface area contributed by atoms with Crippen molar-refractivity contribution in [3.8, 4) is 0 Å². The van der Waals surface area contributed by atoms with Crippen LogP contribution in [0, 0.1) is 5.41 Å². The SMILES string of the molecule is CN/C(=C\C(=N)Br)C1(OC)CCC(F)(F)CC1. The third-order valence-corrected chi connectivity index (χ3v) is 3.44. The zero-order valence-corrected chi connectivity index (χ0v) is 11.5. The van der Waals surface area contributed by atoms with Gasteiger partial charge in [0.1, 0.15) is 5.60 Å². The molecule has 0 aromatic heterocycles. The average molecular weight is 311 g/mol. The molecule has 0 atom stereocenters. The molecule has 0 aliphatic heterocycles. The topological polar surface area (TPSA) is 45.1 Å². The van der Waals surface area contributed by atoms with Gasteiger partial charge in [0, 0.05) is 32.7 Å². The molecule has 98 valence electrons. The Morgan fingerprint density at radius 3 is 2.24 bits per heavy atom. The molecule has 0 radical (unpaired) electrons. The molecule has 1 fully saturated rings. The van der Waals surface area contributed by atoms with Crippen LogP contribution in [0.5, 0.6) is 0 Å². The number of methoxy groups -OCH3 is 1. The number of hydrogen-bond acceptors (Lipinski definition) is 3. The highest BCUT2D eigenvalue weighted by molar-refractivity contribution is 9.18. The third kappa shape index (κ3) is 3.48. The lowest BCUT2D eigenvalue weighted by Gasteiger charge is -2.40. The summed E-state index contributed by atoms with van der Waals surface area (Å²) in [5.74, 6) is -2.59. The van der Waals surface area contributed by atoms with Crippen LogP contribution in [0.1, 0.15) is 25.7 Å². The van der Waals surface area contributed by atoms with E-state index in [4.69, 9.17) is 10.1 Å². The molecular formula is C11H17BrF2N2O. The van der Waals surface area contributed by atoms with Crippen LogP contribution in [0.3, 0.4) is 0 Å². The van der Waals surface area contributed by atoms with Crippen molar-refractivity contribution in [3.63, 3.8) is 0 Å². The van der Waals surface area contributed by atoms with Gasteiger partial charge >= 0.3 is 0 Å². The van der Waals surface area contributed by atoms with Crippen molar-refractivity contribution in [1.82, 2.24) is 5.32 Å². The Morgan fingerprint density at radius 1 is 1.35 bits per heavy atom. The molecule has 6 heteroatoms. The quantitative estimate of drug-likeness (QED) is 0.784. The first-order chi connectivity index (χ1) is 7.85. The van der Waals surface area contributed by atoms with Crippen LogP contribution in [0.15, 0.2) is 11.8 Å². The van der Waals surface area contributed by atoms with E-state index in [-0.39, 0.29) is 30.3 Å². The maximum Gasteiger partial charge on any atom is 0.248 e. The van der Waals surface area contributed by atoms with Crippen molar-refractivity contribution < 1.29 is 13.5 Å². The van der Waals surface area contributed by atoms with Crippen LogP contribution in [0.2, 0.25) is 0 Å². The molecule has 1 aliphatic carbocycles. The summed E-state index contributed by atoms with van der Waals surface area (Å²) < 4.78 is 32.0. The fourth-order valence-electron chi connectivity index (χ4n) is 2.16. The van der Waals surface area contributed by atoms with Crippen molar-refractivity contribution in [2.24, 2.45) is 0 Å². The van der Waals surface area contributed by atoms with Gasteiger partial charge in [-0.2, -0.15) is 0 Å². The van der Waals surface area contributed by atoms with Crippen molar-refractivity contribution in [2.75, 3.05) is 14.2 Å². The Morgan fingerprint density at radius 2 is 1.88 bits per heavy atom. The van der Waals surface area contributed by atoms with Crippen molar-refractivity contribution >= 4 is 20.6 Å². The van der Waals surface area contributed by atoms with Crippen molar-refractivity contribution in [2.45, 2.75) is 37.2 Å². The first kappa shape index (κ1) is 14.6. The van der Waals surface area contributed by atoms with Crippen LogP contribution in [0.4, 0.5) is 8.78 Å². The van der Waals surface area contributed by atoms with Crippen molar-refractivity contribution in [1.29, 1.82) is 5.41 Å². The number of nitrogens with one attached hydrogen (secondary N) is 2. The molecule has 2 N–H and O–H groups in total. The smallest absolute Gasteiger partial charge is 0.248 e. The Bertz CT molecular complexity index is 321. The molecule has 1 rings (SSSR count). The Hall–Kier alpha value is -0.490. The van der Waals surface area contributed by atoms with Gasteiger partial charge in [-0.15, -0.1) is 0 Å². The molecule has 0 unspecified atom stereocenters. The number of halogens is 3. The van der Waals surface area contributed by atoms with Crippen molar-refractivity contribution in [3.05, 3.63) is 11.8 Å². The lowest BCUT2D eigenvalue weighted by molar-refractivity contribution is -0.104. The van der Waals surface area contributed by atoms with Crippen LogP contribution in [-0.2, 0) is 4.74 Å². The molecule has 0 bridgehead atoms. The first-order valence-electron chi connectivity index (χ1n) is 5.42. The van der Waals surface area contributed by atoms with Crippen LogP contribution < -0.4 is 5.32 Å². The fourth-order valence-corrected chi connectivity index (χ4v) is 2.39. The Balaban J connectivity index is 2.93. The highest BCUT2D eigenvalue weighted by Gasteiger charge is 2.45. The summed E-state index contributed by atoms with van der Waals surface area (Å²) >= 11 is 3.02. The molecule has 1 saturated carbocycles. The predicted octanol–water partition coefficient (Wildman–Crippen LogP) is 3.06. The third-order valence-electron chi connectivity index (χ3n) is 3.21. The van der Waals surface area contributed by atoms with Crippen LogP contribution >= 0.6 is 15.9 Å². The molecular weight excluding hydrogens is 294 g/mol. The average Bonchev–Trinajstić information content (AvgIpc) is 2.27. The second-order valence-corrected chi connectivity index (χ2v) is 5.06. The van der Waals surface area contributed by atoms with Gasteiger partial charge in [0.25, 0.3) is 0 Å². The van der Waals surface area contributed by atoms with Crippen LogP contribution in [0.25, 0.3) is 0 Å². The van der Waals surface area contributed by atoms with Gasteiger partial charge < -0.3 is 10.1 Å². The zero-order valence-electron chi connectivity index (χ0n) is 9.95. The van der Waals surface area contributed by atoms with Gasteiger partial charge in [-0.1, -0.05) is 0 Å². The lowest BCUT2D eigenvalue weighted by Crippen LogP contribution is -2.45. The van der Waals surface area contributed by atoms with Crippen LogP contribution in [-0.4, -0.2) is 30.3 Å². The second-order valence-electron chi connectivity index (χ2n) is 4.21. The number of hydrogen-bond donors (Lipinski definition) is 2. The van der Waals surface area contributed by atoms with E-state index in [1.807, 2.05) is 0 Å². The molecule has 0 amide bonds. The largest absolute Gasteiger partial charge is 0.389 e. The van der Waals surface area contributed by atoms with E-state index in [0.29, 0.717) is 5.70 Å². The van der Waals surface area contributed by atoms with E-state index in [2.05, 4.69) is 21.2 Å². The molecule has 0 spiro atoms. The number of allylic oxidation sites excluding steroid dienone is 1. The fraction of sp³-hybridized carbons (Fsp3) is 0.727. The summed E-state index contributed by atoms with van der Waals surface area (Å²) in [4.78, 5) is 0. The Labute approximate surface area is 108 Å². The van der Waals surface area contributed by atoms with Gasteiger partial charge in [-0.3, -0.25) is 5.41 Å². The lowest BCUT2D eigenvalue weighted by atomic mass is 9.80. The van der Waals surface area contributed by atoms with E-state index in [1.54, 1.807) is 13.1 Å². The summed E-state index contributed by atoms with van der Waals surface area (Å²) in [5.41, 5.74) is -0.0615. The Kier molecular flexibility index (Phi) is 4.66. The molecule has 3 nitrogen and oxygen atoms in total. The maximum atomic E-state index is 13.2. The predicted molar refractivity (Wildman–Crippen MR) is 67.0 cm³/mol. The van der Waals surface area contributed by atoms with Gasteiger partial charge in [-0.05, 0) is 34.8 Å². The van der Waals surface area contributed by atoms with Gasteiger partial charge in [0.15, 0.2) is 0 Å². The summed E-state index contributed by atoms with van der Waals surface area (Å²) in [6.07, 6.45) is 1.70. The van der Waals surface area contributed by atoms with Gasteiger partial charge in [0.05, 0.1) is 4.62 Å². The summed E-state index contributed by atoms with van der Waals surface area (Å²) in [6.45, 7) is 0. The molecule has 0 heterocycles. The minimum Gasteiger partial charge on any atom is -0.389 e. The summed E-state index contributed by atoms with van der Waals surface area (Å²) in [5, 5.41) is 10.3. The highest BCUT2D eigenvalue weighted by atomic mass is 79.9. The number of likely N-dealkylation sites (N-methyl/N-ethyl adjacent to an activating group) is 1. The van der Waals surface area contributed by atoms with Gasteiger partial charge in [0.2, 0.25) is 5.92 Å². The van der Waals surface area contributed by atoms with E-state index >= 15 is 0 Å². The molecule has 0 aromatic carbocycles. The number of ether oxygens (including phenoxy) is 1. The minimum atomic E-state index is -2.59. The zero-order chi connectivity index (χ0) is 13.1. The van der Waals surface area contributed by atoms with E-state index < -0.39 is 11.5 Å². The maximum absolute atomic E-state index is 13.2. The summed E-state index contributed by atoms with van der Waals surface area (Å²) in [7, 11) is 3.22. The molecule has 0 saturated heterocycles. The number of rotatable bonds is 4. The monoisotopic (exact) mass is 310 g/mol. The van der Waals surface area contributed by atoms with E-state index in [0.717, 1.165) is 0 Å². The van der Waals surface area contributed by atoms with E-state index in [9.17, 15) is 8.78 Å². The van der Waals surface area contributed by atoms with E-state index in [1.165, 1.54) is 7.11 Å².